The molecule has 4 nitrogen and oxygen atoms in total. The lowest BCUT2D eigenvalue weighted by atomic mass is 10.1. The summed E-state index contributed by atoms with van der Waals surface area (Å²) in [6.45, 7) is 0.630. The Morgan fingerprint density at radius 2 is 2.35 bits per heavy atom. The Morgan fingerprint density at radius 1 is 1.53 bits per heavy atom. The van der Waals surface area contributed by atoms with E-state index < -0.39 is 12.0 Å². The molecule has 3 rings (SSSR count). The van der Waals surface area contributed by atoms with E-state index in [1.54, 1.807) is 16.2 Å². The molecule has 2 aliphatic rings. The normalized spacial score (nSPS) is 30.1. The Labute approximate surface area is 103 Å². The molecule has 0 spiro atoms. The van der Waals surface area contributed by atoms with Crippen LogP contribution in [0.4, 0.5) is 0 Å². The highest BCUT2D eigenvalue weighted by atomic mass is 32.1. The summed E-state index contributed by atoms with van der Waals surface area (Å²) in [7, 11) is 0. The smallest absolute Gasteiger partial charge is 0.326 e. The number of carbonyl (C=O) groups excluding carboxylic acids is 1. The molecule has 90 valence electrons. The lowest BCUT2D eigenvalue weighted by molar-refractivity contribution is -0.149. The molecule has 1 saturated carbocycles. The van der Waals surface area contributed by atoms with Crippen molar-refractivity contribution in [3.05, 3.63) is 22.4 Å². The van der Waals surface area contributed by atoms with Crippen molar-refractivity contribution in [2.75, 3.05) is 6.54 Å². The zero-order valence-corrected chi connectivity index (χ0v) is 10.0. The number of carboxylic acids is 1. The zero-order valence-electron chi connectivity index (χ0n) is 9.20. The Kier molecular flexibility index (Phi) is 2.43. The Bertz CT molecular complexity index is 456. The minimum Gasteiger partial charge on any atom is -0.480 e. The van der Waals surface area contributed by atoms with E-state index >= 15 is 0 Å². The minimum atomic E-state index is -0.853. The number of nitrogens with zero attached hydrogens (tertiary/aromatic N) is 1. The molecule has 0 radical (unpaired) electrons. The van der Waals surface area contributed by atoms with Crippen LogP contribution in [0.5, 0.6) is 0 Å². The number of aliphatic carboxylic acids is 1. The SMILES string of the molecule is O=C(O)C1C2CC2CN1C(=O)Cc1ccsc1. The lowest BCUT2D eigenvalue weighted by Crippen LogP contribution is -2.44. The molecule has 0 bridgehead atoms. The molecule has 0 aromatic carbocycles. The van der Waals surface area contributed by atoms with Gasteiger partial charge in [0.15, 0.2) is 0 Å². The van der Waals surface area contributed by atoms with Crippen LogP contribution < -0.4 is 0 Å². The number of amides is 1. The summed E-state index contributed by atoms with van der Waals surface area (Å²) in [4.78, 5) is 24.8. The molecule has 1 aliphatic carbocycles. The van der Waals surface area contributed by atoms with Crippen LogP contribution in [0.25, 0.3) is 0 Å². The van der Waals surface area contributed by atoms with E-state index in [0.29, 0.717) is 18.9 Å². The Hall–Kier alpha value is -1.36. The van der Waals surface area contributed by atoms with Crippen molar-refractivity contribution >= 4 is 23.2 Å². The number of carbonyl (C=O) groups is 2. The first-order valence-corrected chi connectivity index (χ1v) is 6.64. The summed E-state index contributed by atoms with van der Waals surface area (Å²) in [6, 6.07) is 1.33. The number of rotatable bonds is 3. The van der Waals surface area contributed by atoms with Crippen molar-refractivity contribution in [1.29, 1.82) is 0 Å². The fourth-order valence-corrected chi connectivity index (χ4v) is 3.38. The van der Waals surface area contributed by atoms with Crippen LogP contribution in [0.2, 0.25) is 0 Å². The molecule has 1 aliphatic heterocycles. The second kappa shape index (κ2) is 3.84. The summed E-state index contributed by atoms with van der Waals surface area (Å²) >= 11 is 1.55. The molecule has 1 aromatic rings. The maximum absolute atomic E-state index is 12.1. The highest BCUT2D eigenvalue weighted by molar-refractivity contribution is 7.07. The second-order valence-corrected chi connectivity index (χ2v) is 5.58. The van der Waals surface area contributed by atoms with Gasteiger partial charge in [0.25, 0.3) is 0 Å². The first-order chi connectivity index (χ1) is 8.16. The average Bonchev–Trinajstić information content (AvgIpc) is 2.76. The number of likely N-dealkylation sites (tertiary alicyclic amines) is 1. The average molecular weight is 251 g/mol. The standard InChI is InChI=1S/C12H13NO3S/c14-10(3-7-1-2-17-6-7)13-5-8-4-9(8)11(13)12(15)16/h1-2,6,8-9,11H,3-5H2,(H,15,16). The highest BCUT2D eigenvalue weighted by Gasteiger charge is 2.56. The van der Waals surface area contributed by atoms with Gasteiger partial charge < -0.3 is 10.0 Å². The van der Waals surface area contributed by atoms with Gasteiger partial charge in [-0.25, -0.2) is 4.79 Å². The molecule has 1 N–H and O–H groups in total. The van der Waals surface area contributed by atoms with Crippen LogP contribution in [-0.2, 0) is 16.0 Å². The summed E-state index contributed by atoms with van der Waals surface area (Å²) in [5, 5.41) is 13.0. The molecule has 1 amide bonds. The molecule has 3 unspecified atom stereocenters. The van der Waals surface area contributed by atoms with Crippen LogP contribution in [0.1, 0.15) is 12.0 Å². The lowest BCUT2D eigenvalue weighted by Gasteiger charge is -2.24. The van der Waals surface area contributed by atoms with E-state index in [4.69, 9.17) is 5.11 Å². The van der Waals surface area contributed by atoms with Crippen molar-refractivity contribution in [3.8, 4) is 0 Å². The third-order valence-electron chi connectivity index (χ3n) is 3.66. The molecule has 3 atom stereocenters. The van der Waals surface area contributed by atoms with Gasteiger partial charge in [0.1, 0.15) is 6.04 Å². The van der Waals surface area contributed by atoms with Gasteiger partial charge in [0.2, 0.25) is 5.91 Å². The fourth-order valence-electron chi connectivity index (χ4n) is 2.71. The predicted molar refractivity (Wildman–Crippen MR) is 62.8 cm³/mol. The third-order valence-corrected chi connectivity index (χ3v) is 4.39. The number of piperidine rings is 1. The van der Waals surface area contributed by atoms with Crippen molar-refractivity contribution < 1.29 is 14.7 Å². The molecule has 1 saturated heterocycles. The Morgan fingerprint density at radius 3 is 3.00 bits per heavy atom. The van der Waals surface area contributed by atoms with E-state index in [-0.39, 0.29) is 11.8 Å². The molecular formula is C12H13NO3S. The molecular weight excluding hydrogens is 238 g/mol. The van der Waals surface area contributed by atoms with E-state index in [1.165, 1.54) is 0 Å². The maximum atomic E-state index is 12.1. The summed E-state index contributed by atoms with van der Waals surface area (Å²) < 4.78 is 0. The Balaban J connectivity index is 1.71. The highest BCUT2D eigenvalue weighted by Crippen LogP contribution is 2.49. The van der Waals surface area contributed by atoms with E-state index in [1.807, 2.05) is 16.8 Å². The minimum absolute atomic E-state index is 0.0528. The molecule has 2 fully saturated rings. The van der Waals surface area contributed by atoms with E-state index in [2.05, 4.69) is 0 Å². The summed E-state index contributed by atoms with van der Waals surface area (Å²) in [5.41, 5.74) is 0.977. The fraction of sp³-hybridized carbons (Fsp3) is 0.500. The quantitative estimate of drug-likeness (QED) is 0.878. The van der Waals surface area contributed by atoms with Crippen molar-refractivity contribution in [1.82, 2.24) is 4.90 Å². The third kappa shape index (κ3) is 1.84. The van der Waals surface area contributed by atoms with Crippen LogP contribution >= 0.6 is 11.3 Å². The van der Waals surface area contributed by atoms with Crippen molar-refractivity contribution in [3.63, 3.8) is 0 Å². The van der Waals surface area contributed by atoms with E-state index in [9.17, 15) is 9.59 Å². The predicted octanol–water partition coefficient (Wildman–Crippen LogP) is 1.22. The first kappa shape index (κ1) is 10.8. The number of thiophene rings is 1. The van der Waals surface area contributed by atoms with Crippen molar-refractivity contribution in [2.24, 2.45) is 11.8 Å². The monoisotopic (exact) mass is 251 g/mol. The maximum Gasteiger partial charge on any atom is 0.326 e. The summed E-state index contributed by atoms with van der Waals surface area (Å²) in [5.74, 6) is -0.266. The van der Waals surface area contributed by atoms with Crippen LogP contribution in [0, 0.1) is 11.8 Å². The summed E-state index contributed by atoms with van der Waals surface area (Å²) in [6.07, 6.45) is 1.30. The number of hydrogen-bond acceptors (Lipinski definition) is 3. The molecule has 2 heterocycles. The van der Waals surface area contributed by atoms with Gasteiger partial charge in [-0.15, -0.1) is 0 Å². The van der Waals surface area contributed by atoms with Gasteiger partial charge in [0.05, 0.1) is 6.42 Å². The van der Waals surface area contributed by atoms with Gasteiger partial charge in [-0.3, -0.25) is 4.79 Å². The van der Waals surface area contributed by atoms with Crippen LogP contribution in [0.15, 0.2) is 16.8 Å². The van der Waals surface area contributed by atoms with Gasteiger partial charge in [-0.2, -0.15) is 11.3 Å². The number of carboxylic acid groups (broad SMARTS) is 1. The van der Waals surface area contributed by atoms with Gasteiger partial charge >= 0.3 is 5.97 Å². The molecule has 1 aromatic heterocycles. The van der Waals surface area contributed by atoms with Gasteiger partial charge in [-0.05, 0) is 40.6 Å². The first-order valence-electron chi connectivity index (χ1n) is 5.70. The number of hydrogen-bond donors (Lipinski definition) is 1. The van der Waals surface area contributed by atoms with Gasteiger partial charge in [0, 0.05) is 6.54 Å². The van der Waals surface area contributed by atoms with E-state index in [0.717, 1.165) is 12.0 Å². The van der Waals surface area contributed by atoms with Crippen LogP contribution in [0.3, 0.4) is 0 Å². The number of fused-ring (bicyclic) bond motifs is 1. The van der Waals surface area contributed by atoms with Crippen molar-refractivity contribution in [2.45, 2.75) is 18.9 Å². The molecule has 17 heavy (non-hydrogen) atoms. The molecule has 5 heteroatoms. The largest absolute Gasteiger partial charge is 0.480 e. The zero-order chi connectivity index (χ0) is 12.0. The topological polar surface area (TPSA) is 57.6 Å². The second-order valence-electron chi connectivity index (χ2n) is 4.80. The van der Waals surface area contributed by atoms with Gasteiger partial charge in [-0.1, -0.05) is 0 Å². The van der Waals surface area contributed by atoms with Crippen LogP contribution in [-0.4, -0.2) is 34.5 Å².